The molecule has 0 aromatic heterocycles. The van der Waals surface area contributed by atoms with Crippen LogP contribution < -0.4 is 0 Å². The molecule has 0 saturated carbocycles. The third-order valence-electron chi connectivity index (χ3n) is 4.28. The molecule has 0 saturated heterocycles. The van der Waals surface area contributed by atoms with E-state index in [0.717, 1.165) is 29.9 Å². The third-order valence-corrected chi connectivity index (χ3v) is 4.28. The van der Waals surface area contributed by atoms with Crippen LogP contribution in [-0.4, -0.2) is 30.8 Å². The van der Waals surface area contributed by atoms with Crippen molar-refractivity contribution in [1.29, 1.82) is 0 Å². The molecule has 0 aliphatic rings. The number of ether oxygens (including phenoxy) is 1. The monoisotopic (exact) mass is 428 g/mol. The van der Waals surface area contributed by atoms with Gasteiger partial charge in [-0.05, 0) is 61.7 Å². The molecule has 158 valence electrons. The Morgan fingerprint density at radius 2 is 1.86 bits per heavy atom. The summed E-state index contributed by atoms with van der Waals surface area (Å²) < 4.78 is 43.6. The highest BCUT2D eigenvalue weighted by molar-refractivity contribution is 5.92. The number of esters is 1. The van der Waals surface area contributed by atoms with Crippen LogP contribution in [0.5, 0.6) is 0 Å². The van der Waals surface area contributed by atoms with Crippen LogP contribution in [0.3, 0.4) is 0 Å². The molecule has 29 heavy (non-hydrogen) atoms. The fourth-order valence-electron chi connectivity index (χ4n) is 2.47. The lowest BCUT2D eigenvalue weighted by atomic mass is 10.0. The minimum atomic E-state index is -4.43. The Labute approximate surface area is 174 Å². The Balaban J connectivity index is 0.00000420. The van der Waals surface area contributed by atoms with Gasteiger partial charge in [0.1, 0.15) is 6.61 Å². The number of halogens is 4. The van der Waals surface area contributed by atoms with Gasteiger partial charge >= 0.3 is 12.1 Å². The van der Waals surface area contributed by atoms with Crippen LogP contribution in [0, 0.1) is 13.8 Å². The van der Waals surface area contributed by atoms with E-state index in [9.17, 15) is 18.0 Å². The lowest BCUT2D eigenvalue weighted by Crippen LogP contribution is -2.14. The summed E-state index contributed by atoms with van der Waals surface area (Å²) in [5.41, 5.74) is 2.11. The van der Waals surface area contributed by atoms with Gasteiger partial charge in [-0.25, -0.2) is 9.79 Å². The molecule has 0 spiro atoms. The quantitative estimate of drug-likeness (QED) is 0.336. The van der Waals surface area contributed by atoms with E-state index < -0.39 is 17.7 Å². The Hall–Kier alpha value is -2.54. The minimum Gasteiger partial charge on any atom is -0.457 e. The highest BCUT2D eigenvalue weighted by Gasteiger charge is 2.30. The van der Waals surface area contributed by atoms with E-state index in [4.69, 9.17) is 4.74 Å². The van der Waals surface area contributed by atoms with Crippen LogP contribution in [0.1, 0.15) is 39.5 Å². The number of rotatable bonds is 6. The normalized spacial score (nSPS) is 11.3. The Kier molecular flexibility index (Phi) is 8.70. The molecule has 0 atom stereocenters. The van der Waals surface area contributed by atoms with E-state index in [1.165, 1.54) is 12.1 Å². The summed E-state index contributed by atoms with van der Waals surface area (Å²) in [4.78, 5) is 18.7. The minimum absolute atomic E-state index is 0. The van der Waals surface area contributed by atoms with Gasteiger partial charge in [0, 0.05) is 13.6 Å². The molecule has 2 aromatic rings. The van der Waals surface area contributed by atoms with Crippen molar-refractivity contribution in [3.8, 4) is 0 Å². The van der Waals surface area contributed by atoms with E-state index in [0.29, 0.717) is 11.1 Å². The molecule has 8 heteroatoms. The molecule has 0 bridgehead atoms. The number of carbonyl (C=O) groups excluding carboxylic acids is 1. The molecule has 0 aliphatic carbocycles. The van der Waals surface area contributed by atoms with E-state index in [1.54, 1.807) is 25.4 Å². The zero-order chi connectivity index (χ0) is 20.9. The molecule has 0 heterocycles. The van der Waals surface area contributed by atoms with Gasteiger partial charge in [-0.1, -0.05) is 12.1 Å². The number of nitrogens with zero attached hydrogens (tertiary/aromatic N) is 2. The highest BCUT2D eigenvalue weighted by atomic mass is 35.5. The second-order valence-electron chi connectivity index (χ2n) is 6.55. The predicted octanol–water partition coefficient (Wildman–Crippen LogP) is 5.71. The zero-order valence-corrected chi connectivity index (χ0v) is 17.5. The van der Waals surface area contributed by atoms with Gasteiger partial charge in [-0.2, -0.15) is 13.2 Å². The first-order chi connectivity index (χ1) is 13.1. The highest BCUT2D eigenvalue weighted by Crippen LogP contribution is 2.30. The average molecular weight is 429 g/mol. The SMILES string of the molecule is CCN(C)C=Nc1cc(C)c(C(=O)OCc2cccc(C(F)(F)F)c2)cc1C.Cl. The summed E-state index contributed by atoms with van der Waals surface area (Å²) in [6.07, 6.45) is -2.72. The molecule has 0 radical (unpaired) electrons. The summed E-state index contributed by atoms with van der Waals surface area (Å²) in [5.74, 6) is -0.584. The number of benzene rings is 2. The van der Waals surface area contributed by atoms with Crippen molar-refractivity contribution in [3.63, 3.8) is 0 Å². The van der Waals surface area contributed by atoms with Crippen LogP contribution in [0.25, 0.3) is 0 Å². The topological polar surface area (TPSA) is 41.9 Å². The van der Waals surface area contributed by atoms with Crippen LogP contribution in [-0.2, 0) is 17.5 Å². The van der Waals surface area contributed by atoms with Gasteiger partial charge in [0.15, 0.2) is 0 Å². The van der Waals surface area contributed by atoms with Crippen molar-refractivity contribution >= 4 is 30.4 Å². The molecule has 0 fully saturated rings. The standard InChI is InChI=1S/C21H23F3N2O2.ClH/c1-5-26(4)13-25-19-10-14(2)18(9-15(19)3)20(27)28-12-16-7-6-8-17(11-16)21(22,23)24;/h6-11,13H,5,12H2,1-4H3;1H. The summed E-state index contributed by atoms with van der Waals surface area (Å²) in [5, 5.41) is 0. The number of aryl methyl sites for hydroxylation is 2. The van der Waals surface area contributed by atoms with Crippen LogP contribution in [0.4, 0.5) is 18.9 Å². The van der Waals surface area contributed by atoms with E-state index in [2.05, 4.69) is 4.99 Å². The molecule has 0 aliphatic heterocycles. The Morgan fingerprint density at radius 3 is 2.48 bits per heavy atom. The van der Waals surface area contributed by atoms with Crippen molar-refractivity contribution in [2.24, 2.45) is 4.99 Å². The van der Waals surface area contributed by atoms with Crippen LogP contribution in [0.2, 0.25) is 0 Å². The molecule has 2 aromatic carbocycles. The van der Waals surface area contributed by atoms with Crippen LogP contribution >= 0.6 is 12.4 Å². The van der Waals surface area contributed by atoms with Crippen LogP contribution in [0.15, 0.2) is 41.4 Å². The molecule has 4 nitrogen and oxygen atoms in total. The number of carbonyl (C=O) groups is 1. The number of alkyl halides is 3. The largest absolute Gasteiger partial charge is 0.457 e. The molecular weight excluding hydrogens is 405 g/mol. The molecule has 2 rings (SSSR count). The van der Waals surface area contributed by atoms with Gasteiger partial charge in [-0.15, -0.1) is 12.4 Å². The number of hydrogen-bond donors (Lipinski definition) is 0. The maximum atomic E-state index is 12.8. The van der Waals surface area contributed by atoms with Gasteiger partial charge < -0.3 is 9.64 Å². The Morgan fingerprint density at radius 1 is 1.17 bits per heavy atom. The van der Waals surface area contributed by atoms with Gasteiger partial charge in [0.25, 0.3) is 0 Å². The fraction of sp³-hybridized carbons (Fsp3) is 0.333. The summed E-state index contributed by atoms with van der Waals surface area (Å²) in [6, 6.07) is 8.21. The fourth-order valence-corrected chi connectivity index (χ4v) is 2.47. The smallest absolute Gasteiger partial charge is 0.416 e. The van der Waals surface area contributed by atoms with E-state index in [1.807, 2.05) is 25.8 Å². The molecule has 0 unspecified atom stereocenters. The maximum absolute atomic E-state index is 12.8. The maximum Gasteiger partial charge on any atom is 0.416 e. The second kappa shape index (κ2) is 10.3. The van der Waals surface area contributed by atoms with Gasteiger partial charge in [0.2, 0.25) is 0 Å². The zero-order valence-electron chi connectivity index (χ0n) is 16.7. The van der Waals surface area contributed by atoms with E-state index in [-0.39, 0.29) is 24.6 Å². The first-order valence-corrected chi connectivity index (χ1v) is 8.80. The second-order valence-corrected chi connectivity index (χ2v) is 6.55. The number of aliphatic imine (C=N–C) groups is 1. The van der Waals surface area contributed by atoms with Crippen molar-refractivity contribution in [2.45, 2.75) is 33.6 Å². The summed E-state index contributed by atoms with van der Waals surface area (Å²) in [6.45, 7) is 6.20. The summed E-state index contributed by atoms with van der Waals surface area (Å²) >= 11 is 0. The van der Waals surface area contributed by atoms with Gasteiger partial charge in [-0.3, -0.25) is 0 Å². The van der Waals surface area contributed by atoms with Crippen molar-refractivity contribution in [3.05, 3.63) is 64.2 Å². The third kappa shape index (κ3) is 6.78. The summed E-state index contributed by atoms with van der Waals surface area (Å²) in [7, 11) is 1.91. The van der Waals surface area contributed by atoms with Crippen molar-refractivity contribution < 1.29 is 22.7 Å². The Bertz CT molecular complexity index is 883. The molecule has 0 amide bonds. The first-order valence-electron chi connectivity index (χ1n) is 8.80. The molecule has 0 N–H and O–H groups in total. The molecular formula is C21H24ClF3N2O2. The lowest BCUT2D eigenvalue weighted by molar-refractivity contribution is -0.137. The predicted molar refractivity (Wildman–Crippen MR) is 110 cm³/mol. The lowest BCUT2D eigenvalue weighted by Gasteiger charge is -2.12. The van der Waals surface area contributed by atoms with E-state index >= 15 is 0 Å². The van der Waals surface area contributed by atoms with Crippen molar-refractivity contribution in [2.75, 3.05) is 13.6 Å². The van der Waals surface area contributed by atoms with Gasteiger partial charge in [0.05, 0.1) is 23.2 Å². The average Bonchev–Trinajstić information content (AvgIpc) is 2.65. The van der Waals surface area contributed by atoms with Crippen molar-refractivity contribution in [1.82, 2.24) is 4.90 Å². The first kappa shape index (κ1) is 24.5. The number of hydrogen-bond acceptors (Lipinski definition) is 3.